The average molecular weight is 344 g/mol. The number of amides is 1. The van der Waals surface area contributed by atoms with Crippen molar-refractivity contribution in [3.8, 4) is 10.6 Å². The van der Waals surface area contributed by atoms with Crippen LogP contribution in [0.15, 0.2) is 29.6 Å². The number of carbonyl (C=O) groups is 2. The molecule has 0 bridgehead atoms. The van der Waals surface area contributed by atoms with E-state index in [2.05, 4.69) is 4.98 Å². The predicted molar refractivity (Wildman–Crippen MR) is 92.9 cm³/mol. The molecule has 1 N–H and O–H groups in total. The monoisotopic (exact) mass is 344 g/mol. The van der Waals surface area contributed by atoms with Crippen molar-refractivity contribution in [1.29, 1.82) is 0 Å². The third kappa shape index (κ3) is 3.33. The summed E-state index contributed by atoms with van der Waals surface area (Å²) in [5.74, 6) is -0.895. The quantitative estimate of drug-likeness (QED) is 0.926. The van der Waals surface area contributed by atoms with Crippen LogP contribution >= 0.6 is 11.3 Å². The summed E-state index contributed by atoms with van der Waals surface area (Å²) >= 11 is 1.52. The fourth-order valence-corrected chi connectivity index (χ4v) is 3.66. The fourth-order valence-electron chi connectivity index (χ4n) is 2.83. The van der Waals surface area contributed by atoms with E-state index in [1.807, 2.05) is 36.6 Å². The predicted octanol–water partition coefficient (Wildman–Crippen LogP) is 2.98. The zero-order chi connectivity index (χ0) is 17.3. The van der Waals surface area contributed by atoms with Crippen molar-refractivity contribution in [3.63, 3.8) is 0 Å². The summed E-state index contributed by atoms with van der Waals surface area (Å²) in [5, 5.41) is 12.1. The van der Waals surface area contributed by atoms with Crippen LogP contribution < -0.4 is 0 Å². The average Bonchev–Trinajstić information content (AvgIpc) is 3.16. The normalized spacial score (nSPS) is 20.3. The SMILES string of the molecule is Cc1ccc(-c2nc(CC(=O)N3CCC(C)(C(=O)O)C3)cs2)cc1. The van der Waals surface area contributed by atoms with Crippen molar-refractivity contribution in [2.45, 2.75) is 26.7 Å². The number of rotatable bonds is 4. The van der Waals surface area contributed by atoms with Gasteiger partial charge < -0.3 is 10.0 Å². The van der Waals surface area contributed by atoms with Crippen LogP contribution in [0.3, 0.4) is 0 Å². The van der Waals surface area contributed by atoms with E-state index in [0.29, 0.717) is 13.0 Å². The molecule has 24 heavy (non-hydrogen) atoms. The number of hydrogen-bond donors (Lipinski definition) is 1. The topological polar surface area (TPSA) is 70.5 Å². The van der Waals surface area contributed by atoms with E-state index in [-0.39, 0.29) is 18.9 Å². The van der Waals surface area contributed by atoms with Gasteiger partial charge in [0, 0.05) is 24.0 Å². The van der Waals surface area contributed by atoms with Crippen molar-refractivity contribution in [2.24, 2.45) is 5.41 Å². The maximum absolute atomic E-state index is 12.4. The minimum absolute atomic E-state index is 0.0549. The van der Waals surface area contributed by atoms with Gasteiger partial charge in [0.15, 0.2) is 0 Å². The Morgan fingerprint density at radius 3 is 2.67 bits per heavy atom. The first-order chi connectivity index (χ1) is 11.4. The number of thiazole rings is 1. The second kappa shape index (κ2) is 6.36. The van der Waals surface area contributed by atoms with Crippen molar-refractivity contribution in [1.82, 2.24) is 9.88 Å². The van der Waals surface area contributed by atoms with Gasteiger partial charge in [0.2, 0.25) is 5.91 Å². The summed E-state index contributed by atoms with van der Waals surface area (Å²) in [6.07, 6.45) is 0.720. The zero-order valence-corrected chi connectivity index (χ0v) is 14.6. The summed E-state index contributed by atoms with van der Waals surface area (Å²) in [5.41, 5.74) is 2.15. The molecular weight excluding hydrogens is 324 g/mol. The van der Waals surface area contributed by atoms with Gasteiger partial charge in [-0.15, -0.1) is 11.3 Å². The number of carbonyl (C=O) groups excluding carboxylic acids is 1. The van der Waals surface area contributed by atoms with E-state index < -0.39 is 11.4 Å². The number of benzene rings is 1. The van der Waals surface area contributed by atoms with Gasteiger partial charge in [-0.1, -0.05) is 29.8 Å². The fraction of sp³-hybridized carbons (Fsp3) is 0.389. The third-order valence-electron chi connectivity index (χ3n) is 4.52. The molecular formula is C18H20N2O3S. The molecule has 1 aliphatic rings. The van der Waals surface area contributed by atoms with Crippen molar-refractivity contribution < 1.29 is 14.7 Å². The lowest BCUT2D eigenvalue weighted by atomic mass is 9.90. The minimum atomic E-state index is -0.840. The molecule has 1 unspecified atom stereocenters. The lowest BCUT2D eigenvalue weighted by Crippen LogP contribution is -2.35. The molecule has 0 spiro atoms. The zero-order valence-electron chi connectivity index (χ0n) is 13.8. The molecule has 1 saturated heterocycles. The van der Waals surface area contributed by atoms with Gasteiger partial charge in [-0.25, -0.2) is 4.98 Å². The van der Waals surface area contributed by atoms with E-state index >= 15 is 0 Å². The number of aliphatic carboxylic acids is 1. The highest BCUT2D eigenvalue weighted by Crippen LogP contribution is 2.31. The molecule has 5 nitrogen and oxygen atoms in total. The molecule has 1 atom stereocenters. The van der Waals surface area contributed by atoms with Crippen LogP contribution in [-0.2, 0) is 16.0 Å². The smallest absolute Gasteiger partial charge is 0.311 e. The molecule has 0 radical (unpaired) electrons. The number of aryl methyl sites for hydroxylation is 1. The number of carboxylic acids is 1. The number of carboxylic acid groups (broad SMARTS) is 1. The second-order valence-electron chi connectivity index (χ2n) is 6.62. The van der Waals surface area contributed by atoms with Crippen molar-refractivity contribution in [2.75, 3.05) is 13.1 Å². The molecule has 126 valence electrons. The van der Waals surface area contributed by atoms with Crippen LogP contribution in [0.4, 0.5) is 0 Å². The van der Waals surface area contributed by atoms with Gasteiger partial charge in [-0.2, -0.15) is 0 Å². The third-order valence-corrected chi connectivity index (χ3v) is 5.47. The summed E-state index contributed by atoms with van der Waals surface area (Å²) in [6, 6.07) is 8.13. The molecule has 0 aliphatic carbocycles. The Labute approximate surface area is 145 Å². The lowest BCUT2D eigenvalue weighted by Gasteiger charge is -2.19. The highest BCUT2D eigenvalue weighted by Gasteiger charge is 2.42. The molecule has 1 fully saturated rings. The molecule has 2 aromatic rings. The maximum Gasteiger partial charge on any atom is 0.311 e. The number of likely N-dealkylation sites (tertiary alicyclic amines) is 1. The van der Waals surface area contributed by atoms with E-state index in [4.69, 9.17) is 0 Å². The molecule has 3 rings (SSSR count). The van der Waals surface area contributed by atoms with Gasteiger partial charge in [0.25, 0.3) is 0 Å². The Kier molecular flexibility index (Phi) is 4.41. The Balaban J connectivity index is 1.66. The maximum atomic E-state index is 12.4. The Morgan fingerprint density at radius 1 is 1.33 bits per heavy atom. The Bertz CT molecular complexity index is 769. The van der Waals surface area contributed by atoms with Crippen LogP contribution in [0.25, 0.3) is 10.6 Å². The largest absolute Gasteiger partial charge is 0.481 e. The first-order valence-corrected chi connectivity index (χ1v) is 8.78. The van der Waals surface area contributed by atoms with E-state index in [1.54, 1.807) is 11.8 Å². The highest BCUT2D eigenvalue weighted by atomic mass is 32.1. The first-order valence-electron chi connectivity index (χ1n) is 7.90. The number of nitrogens with zero attached hydrogens (tertiary/aromatic N) is 2. The first kappa shape index (κ1) is 16.6. The van der Waals surface area contributed by atoms with E-state index in [0.717, 1.165) is 16.3 Å². The summed E-state index contributed by atoms with van der Waals surface area (Å²) in [4.78, 5) is 29.9. The van der Waals surface area contributed by atoms with Gasteiger partial charge in [0.1, 0.15) is 5.01 Å². The van der Waals surface area contributed by atoms with Gasteiger partial charge in [-0.05, 0) is 20.3 Å². The molecule has 1 aromatic heterocycles. The standard InChI is InChI=1S/C18H20N2O3S/c1-12-3-5-13(6-4-12)16-19-14(10-24-16)9-15(21)20-8-7-18(2,11-20)17(22)23/h3-6,10H,7-9,11H2,1-2H3,(H,22,23). The van der Waals surface area contributed by atoms with Crippen LogP contribution in [0, 0.1) is 12.3 Å². The van der Waals surface area contributed by atoms with Crippen LogP contribution in [-0.4, -0.2) is 40.0 Å². The van der Waals surface area contributed by atoms with Crippen LogP contribution in [0.1, 0.15) is 24.6 Å². The van der Waals surface area contributed by atoms with Crippen molar-refractivity contribution in [3.05, 3.63) is 40.9 Å². The van der Waals surface area contributed by atoms with Crippen LogP contribution in [0.2, 0.25) is 0 Å². The lowest BCUT2D eigenvalue weighted by molar-refractivity contribution is -0.147. The molecule has 1 aromatic carbocycles. The van der Waals surface area contributed by atoms with Gasteiger partial charge in [-0.3, -0.25) is 9.59 Å². The van der Waals surface area contributed by atoms with E-state index in [9.17, 15) is 14.7 Å². The summed E-state index contributed by atoms with van der Waals surface area (Å²) in [6.45, 7) is 4.50. The molecule has 2 heterocycles. The molecule has 1 aliphatic heterocycles. The van der Waals surface area contributed by atoms with Crippen molar-refractivity contribution >= 4 is 23.2 Å². The highest BCUT2D eigenvalue weighted by molar-refractivity contribution is 7.13. The second-order valence-corrected chi connectivity index (χ2v) is 7.48. The molecule has 6 heteroatoms. The van der Waals surface area contributed by atoms with Gasteiger partial charge >= 0.3 is 5.97 Å². The minimum Gasteiger partial charge on any atom is -0.481 e. The van der Waals surface area contributed by atoms with Crippen LogP contribution in [0.5, 0.6) is 0 Å². The molecule has 1 amide bonds. The Hall–Kier alpha value is -2.21. The van der Waals surface area contributed by atoms with E-state index in [1.165, 1.54) is 16.9 Å². The van der Waals surface area contributed by atoms with Gasteiger partial charge in [0.05, 0.1) is 17.5 Å². The molecule has 0 saturated carbocycles. The summed E-state index contributed by atoms with van der Waals surface area (Å²) < 4.78 is 0. The Morgan fingerprint density at radius 2 is 2.04 bits per heavy atom. The summed E-state index contributed by atoms with van der Waals surface area (Å²) in [7, 11) is 0. The number of hydrogen-bond acceptors (Lipinski definition) is 4. The number of aromatic nitrogens is 1.